The zero-order chi connectivity index (χ0) is 29.7. The average Bonchev–Trinajstić information content (AvgIpc) is 3.38. The Hall–Kier alpha value is -4.99. The number of phenolic OH excluding ortho intramolecular Hbond substituents is 1. The predicted octanol–water partition coefficient (Wildman–Crippen LogP) is 5.49. The molecule has 0 saturated heterocycles. The van der Waals surface area contributed by atoms with Crippen molar-refractivity contribution in [3.63, 3.8) is 0 Å². The summed E-state index contributed by atoms with van der Waals surface area (Å²) < 4.78 is 1.39. The first-order valence-corrected chi connectivity index (χ1v) is 13.2. The lowest BCUT2D eigenvalue weighted by Crippen LogP contribution is -2.34. The summed E-state index contributed by atoms with van der Waals surface area (Å²) >= 11 is 0. The Morgan fingerprint density at radius 3 is 2.10 bits per heavy atom. The molecule has 1 amide bonds. The molecule has 2 heterocycles. The number of non-ortho nitro benzene ring substituents is 1. The molecule has 0 bridgehead atoms. The summed E-state index contributed by atoms with van der Waals surface area (Å²) in [4.78, 5) is 39.3. The van der Waals surface area contributed by atoms with Gasteiger partial charge in [0.25, 0.3) is 17.2 Å². The van der Waals surface area contributed by atoms with Gasteiger partial charge in [0.15, 0.2) is 0 Å². The third-order valence-corrected chi connectivity index (χ3v) is 7.98. The van der Waals surface area contributed by atoms with E-state index in [1.165, 1.54) is 27.9 Å². The van der Waals surface area contributed by atoms with E-state index in [1.807, 2.05) is 58.0 Å². The average molecular weight is 554 g/mol. The van der Waals surface area contributed by atoms with Crippen molar-refractivity contribution < 1.29 is 14.8 Å². The minimum Gasteiger partial charge on any atom is -0.508 e. The van der Waals surface area contributed by atoms with Crippen LogP contribution in [0.25, 0.3) is 5.69 Å². The molecule has 210 valence electrons. The monoisotopic (exact) mass is 553 g/mol. The van der Waals surface area contributed by atoms with Crippen LogP contribution in [0.4, 0.5) is 11.4 Å². The molecule has 1 aliphatic heterocycles. The van der Waals surface area contributed by atoms with Gasteiger partial charge in [0.2, 0.25) is 0 Å². The number of amides is 1. The third kappa shape index (κ3) is 4.71. The van der Waals surface area contributed by atoms with Crippen LogP contribution in [-0.4, -0.2) is 31.4 Å². The van der Waals surface area contributed by atoms with Crippen LogP contribution in [0.3, 0.4) is 0 Å². The molecule has 10 nitrogen and oxygen atoms in total. The number of aromatic nitrogens is 2. The molecule has 5 rings (SSSR count). The maximum atomic E-state index is 14.1. The molecule has 0 unspecified atom stereocenters. The maximum Gasteiger partial charge on any atom is 0.275 e. The van der Waals surface area contributed by atoms with Crippen LogP contribution in [0.2, 0.25) is 0 Å². The highest BCUT2D eigenvalue weighted by Gasteiger charge is 2.45. The number of H-pyrrole nitrogens is 1. The Bertz CT molecular complexity index is 1820. The summed E-state index contributed by atoms with van der Waals surface area (Å²) in [7, 11) is 0. The van der Waals surface area contributed by atoms with Crippen molar-refractivity contribution in [2.45, 2.75) is 47.5 Å². The number of benzene rings is 3. The smallest absolute Gasteiger partial charge is 0.275 e. The van der Waals surface area contributed by atoms with Gasteiger partial charge in [-0.1, -0.05) is 12.1 Å². The normalized spacial score (nSPS) is 15.8. The molecule has 0 radical (unpaired) electrons. The van der Waals surface area contributed by atoms with Crippen LogP contribution in [0.15, 0.2) is 64.5 Å². The van der Waals surface area contributed by atoms with Crippen LogP contribution < -0.4 is 10.6 Å². The Labute approximate surface area is 236 Å². The van der Waals surface area contributed by atoms with Crippen molar-refractivity contribution in [2.75, 3.05) is 5.01 Å². The van der Waals surface area contributed by atoms with E-state index in [1.54, 1.807) is 19.9 Å². The Balaban J connectivity index is 1.72. The van der Waals surface area contributed by atoms with Crippen molar-refractivity contribution in [3.8, 4) is 11.4 Å². The number of phenols is 1. The SMILES string of the molecule is CC1=NN(c2ccc(C)c(C)c2)C(=O)[C@H]1[C@@H](c1cc([N+](=O)[O-])ccc1O)c1c(C)[nH]n(-c2ccc(C)c(C)c2)c1=O. The highest BCUT2D eigenvalue weighted by Crippen LogP contribution is 2.43. The number of carbonyl (C=O) groups excluding carboxylic acids is 1. The van der Waals surface area contributed by atoms with Gasteiger partial charge in [0.1, 0.15) is 5.75 Å². The molecule has 2 atom stereocenters. The lowest BCUT2D eigenvalue weighted by molar-refractivity contribution is -0.385. The minimum atomic E-state index is -1.06. The van der Waals surface area contributed by atoms with E-state index >= 15 is 0 Å². The predicted molar refractivity (Wildman–Crippen MR) is 157 cm³/mol. The fraction of sp³-hybridized carbons (Fsp3) is 0.258. The zero-order valence-corrected chi connectivity index (χ0v) is 23.7. The summed E-state index contributed by atoms with van der Waals surface area (Å²) in [6, 6.07) is 14.8. The Kier molecular flexibility index (Phi) is 6.86. The first-order chi connectivity index (χ1) is 19.4. The number of hydrogen-bond donors (Lipinski definition) is 2. The number of aromatic amines is 1. The molecular weight excluding hydrogens is 522 g/mol. The number of nitro benzene ring substituents is 1. The van der Waals surface area contributed by atoms with Gasteiger partial charge in [-0.3, -0.25) is 24.8 Å². The molecule has 1 aromatic heterocycles. The topological polar surface area (TPSA) is 134 Å². The molecular formula is C31H31N5O5. The van der Waals surface area contributed by atoms with Gasteiger partial charge in [-0.25, -0.2) is 9.69 Å². The van der Waals surface area contributed by atoms with Crippen LogP contribution >= 0.6 is 0 Å². The second kappa shape index (κ2) is 10.2. The van der Waals surface area contributed by atoms with E-state index in [4.69, 9.17) is 0 Å². The second-order valence-corrected chi connectivity index (χ2v) is 10.7. The fourth-order valence-electron chi connectivity index (χ4n) is 5.38. The summed E-state index contributed by atoms with van der Waals surface area (Å²) in [6.45, 7) is 11.2. The van der Waals surface area contributed by atoms with Crippen LogP contribution in [0, 0.1) is 50.7 Å². The number of hydrogen-bond acceptors (Lipinski definition) is 6. The molecule has 3 aromatic carbocycles. The number of aromatic hydroxyl groups is 1. The van der Waals surface area contributed by atoms with E-state index in [-0.39, 0.29) is 22.6 Å². The van der Waals surface area contributed by atoms with Crippen molar-refractivity contribution in [1.82, 2.24) is 9.78 Å². The Morgan fingerprint density at radius 1 is 0.878 bits per heavy atom. The first-order valence-electron chi connectivity index (χ1n) is 13.2. The summed E-state index contributed by atoms with van der Waals surface area (Å²) in [6.07, 6.45) is 0. The maximum absolute atomic E-state index is 14.1. The molecule has 0 spiro atoms. The van der Waals surface area contributed by atoms with Gasteiger partial charge < -0.3 is 5.11 Å². The number of aryl methyl sites for hydroxylation is 5. The first kappa shape index (κ1) is 27.6. The van der Waals surface area contributed by atoms with Crippen LogP contribution in [0.5, 0.6) is 5.75 Å². The van der Waals surface area contributed by atoms with Gasteiger partial charge in [0, 0.05) is 40.6 Å². The zero-order valence-electron chi connectivity index (χ0n) is 23.7. The lowest BCUT2D eigenvalue weighted by atomic mass is 9.78. The van der Waals surface area contributed by atoms with Crippen molar-refractivity contribution in [2.24, 2.45) is 11.0 Å². The number of rotatable bonds is 6. The number of anilines is 1. The molecule has 0 fully saturated rings. The van der Waals surface area contributed by atoms with Gasteiger partial charge in [-0.15, -0.1) is 0 Å². The number of hydrazone groups is 1. The third-order valence-electron chi connectivity index (χ3n) is 7.98. The highest BCUT2D eigenvalue weighted by atomic mass is 16.6. The second-order valence-electron chi connectivity index (χ2n) is 10.7. The van der Waals surface area contributed by atoms with Gasteiger partial charge in [-0.2, -0.15) is 5.10 Å². The molecule has 1 aliphatic rings. The molecule has 10 heteroatoms. The largest absolute Gasteiger partial charge is 0.508 e. The Morgan fingerprint density at radius 2 is 1.49 bits per heavy atom. The van der Waals surface area contributed by atoms with Crippen molar-refractivity contribution in [3.05, 3.63) is 114 Å². The lowest BCUT2D eigenvalue weighted by Gasteiger charge is -2.24. The van der Waals surface area contributed by atoms with E-state index in [2.05, 4.69) is 10.2 Å². The summed E-state index contributed by atoms with van der Waals surface area (Å²) in [5.74, 6) is -2.72. The minimum absolute atomic E-state index is 0.0977. The standard InChI is InChI=1S/C31H31N5O5/c1-16-7-9-22(13-18(16)3)34-30(38)27(20(5)32-34)29(25-15-24(36(40)41)11-12-26(25)37)28-21(6)33-35(31(28)39)23-10-8-17(2)19(4)14-23/h7-15,27,29,33,37H,1-6H3/t27-,29-/m1/s1. The van der Waals surface area contributed by atoms with Gasteiger partial charge in [-0.05, 0) is 94.1 Å². The summed E-state index contributed by atoms with van der Waals surface area (Å²) in [5, 5.41) is 31.7. The van der Waals surface area contributed by atoms with E-state index in [0.29, 0.717) is 22.8 Å². The van der Waals surface area contributed by atoms with Crippen molar-refractivity contribution in [1.29, 1.82) is 0 Å². The molecule has 41 heavy (non-hydrogen) atoms. The number of nitro groups is 1. The van der Waals surface area contributed by atoms with E-state index < -0.39 is 28.2 Å². The van der Waals surface area contributed by atoms with Crippen molar-refractivity contribution >= 4 is 23.0 Å². The summed E-state index contributed by atoms with van der Waals surface area (Å²) in [5.41, 5.74) is 5.79. The van der Waals surface area contributed by atoms with E-state index in [0.717, 1.165) is 22.3 Å². The van der Waals surface area contributed by atoms with Crippen LogP contribution in [0.1, 0.15) is 51.9 Å². The fourth-order valence-corrected chi connectivity index (χ4v) is 5.38. The van der Waals surface area contributed by atoms with Crippen LogP contribution in [-0.2, 0) is 4.79 Å². The molecule has 0 saturated carbocycles. The quantitative estimate of drug-likeness (QED) is 0.240. The van der Waals surface area contributed by atoms with Gasteiger partial charge >= 0.3 is 0 Å². The molecule has 2 N–H and O–H groups in total. The molecule has 0 aliphatic carbocycles. The highest BCUT2D eigenvalue weighted by molar-refractivity contribution is 6.15. The number of nitrogens with zero attached hydrogens (tertiary/aromatic N) is 4. The number of nitrogens with one attached hydrogen (secondary N) is 1. The molecule has 4 aromatic rings. The van der Waals surface area contributed by atoms with E-state index in [9.17, 15) is 24.8 Å². The van der Waals surface area contributed by atoms with Gasteiger partial charge in [0.05, 0.1) is 22.2 Å². The number of carbonyl (C=O) groups is 1.